The Bertz CT molecular complexity index is 458. The van der Waals surface area contributed by atoms with Crippen molar-refractivity contribution in [2.24, 2.45) is 5.92 Å². The van der Waals surface area contributed by atoms with Crippen LogP contribution in [0.25, 0.3) is 6.08 Å². The molecule has 1 aliphatic carbocycles. The van der Waals surface area contributed by atoms with E-state index in [0.29, 0.717) is 6.42 Å². The zero-order chi connectivity index (χ0) is 14.4. The van der Waals surface area contributed by atoms with E-state index in [2.05, 4.69) is 0 Å². The first-order valence-electron chi connectivity index (χ1n) is 7.19. The second-order valence-electron chi connectivity index (χ2n) is 5.31. The van der Waals surface area contributed by atoms with Gasteiger partial charge < -0.3 is 9.47 Å². The molecule has 1 unspecified atom stereocenters. The van der Waals surface area contributed by atoms with E-state index in [1.165, 1.54) is 12.8 Å². The van der Waals surface area contributed by atoms with Crippen LogP contribution in [0.2, 0.25) is 0 Å². The predicted octanol–water partition coefficient (Wildman–Crippen LogP) is 3.83. The van der Waals surface area contributed by atoms with Gasteiger partial charge in [0.2, 0.25) is 0 Å². The molecule has 1 atom stereocenters. The van der Waals surface area contributed by atoms with Gasteiger partial charge >= 0.3 is 5.97 Å². The van der Waals surface area contributed by atoms with Gasteiger partial charge in [-0.15, -0.1) is 0 Å². The summed E-state index contributed by atoms with van der Waals surface area (Å²) in [7, 11) is 1.65. The quantitative estimate of drug-likeness (QED) is 0.709. The molecule has 1 fully saturated rings. The minimum atomic E-state index is -0.191. The van der Waals surface area contributed by atoms with Crippen LogP contribution >= 0.6 is 0 Å². The lowest BCUT2D eigenvalue weighted by Gasteiger charge is -2.09. The van der Waals surface area contributed by atoms with Gasteiger partial charge in [-0.3, -0.25) is 4.79 Å². The second-order valence-corrected chi connectivity index (χ2v) is 5.31. The van der Waals surface area contributed by atoms with Crippen molar-refractivity contribution in [3.05, 3.63) is 35.9 Å². The van der Waals surface area contributed by atoms with Crippen LogP contribution in [0.4, 0.5) is 0 Å². The van der Waals surface area contributed by atoms with Gasteiger partial charge in [-0.2, -0.15) is 0 Å². The van der Waals surface area contributed by atoms with Crippen molar-refractivity contribution in [1.29, 1.82) is 0 Å². The summed E-state index contributed by atoms with van der Waals surface area (Å²) in [6, 6.07) is 7.76. The first kappa shape index (κ1) is 14.6. The van der Waals surface area contributed by atoms with Gasteiger partial charge in [-0.1, -0.05) is 31.1 Å². The Morgan fingerprint density at radius 1 is 1.35 bits per heavy atom. The Morgan fingerprint density at radius 3 is 2.65 bits per heavy atom. The van der Waals surface area contributed by atoms with Crippen LogP contribution in [-0.2, 0) is 9.53 Å². The van der Waals surface area contributed by atoms with Gasteiger partial charge in [0.15, 0.2) is 0 Å². The Hall–Kier alpha value is -1.77. The second kappa shape index (κ2) is 7.13. The van der Waals surface area contributed by atoms with Crippen LogP contribution in [0.1, 0.15) is 38.2 Å². The van der Waals surface area contributed by atoms with Gasteiger partial charge in [0.25, 0.3) is 0 Å². The molecule has 1 aromatic carbocycles. The number of ether oxygens (including phenoxy) is 2. The Morgan fingerprint density at radius 2 is 2.05 bits per heavy atom. The fourth-order valence-corrected chi connectivity index (χ4v) is 2.00. The molecule has 108 valence electrons. The van der Waals surface area contributed by atoms with Crippen molar-refractivity contribution in [2.45, 2.75) is 38.7 Å². The van der Waals surface area contributed by atoms with E-state index in [9.17, 15) is 4.79 Å². The van der Waals surface area contributed by atoms with Crippen molar-refractivity contribution >= 4 is 12.0 Å². The smallest absolute Gasteiger partial charge is 0.306 e. The highest BCUT2D eigenvalue weighted by atomic mass is 16.5. The molecule has 3 heteroatoms. The van der Waals surface area contributed by atoms with Crippen molar-refractivity contribution < 1.29 is 14.3 Å². The normalized spacial score (nSPS) is 16.1. The van der Waals surface area contributed by atoms with Crippen molar-refractivity contribution in [3.8, 4) is 5.75 Å². The van der Waals surface area contributed by atoms with Gasteiger partial charge in [0.05, 0.1) is 7.11 Å². The summed E-state index contributed by atoms with van der Waals surface area (Å²) in [6.07, 6.45) is 7.75. The number of hydrogen-bond acceptors (Lipinski definition) is 3. The fourth-order valence-electron chi connectivity index (χ4n) is 2.00. The summed E-state index contributed by atoms with van der Waals surface area (Å²) in [5.41, 5.74) is 1.06. The lowest BCUT2D eigenvalue weighted by atomic mass is 10.2. The summed E-state index contributed by atoms with van der Waals surface area (Å²) in [5, 5.41) is 0. The van der Waals surface area contributed by atoms with Crippen LogP contribution in [0, 0.1) is 5.92 Å². The maximum absolute atomic E-state index is 11.6. The van der Waals surface area contributed by atoms with E-state index in [-0.39, 0.29) is 12.1 Å². The van der Waals surface area contributed by atoms with Gasteiger partial charge in [0, 0.05) is 6.42 Å². The van der Waals surface area contributed by atoms with Gasteiger partial charge in [0.1, 0.15) is 11.9 Å². The number of methoxy groups -OCH3 is 1. The molecule has 0 aliphatic heterocycles. The summed E-state index contributed by atoms with van der Waals surface area (Å²) in [4.78, 5) is 11.6. The minimum Gasteiger partial charge on any atom is -0.497 e. The van der Waals surface area contributed by atoms with Gasteiger partial charge in [-0.25, -0.2) is 0 Å². The molecular weight excluding hydrogens is 252 g/mol. The molecule has 0 bridgehead atoms. The molecule has 0 spiro atoms. The molecule has 0 heterocycles. The van der Waals surface area contributed by atoms with Crippen molar-refractivity contribution in [3.63, 3.8) is 0 Å². The molecule has 3 nitrogen and oxygen atoms in total. The summed E-state index contributed by atoms with van der Waals surface area (Å²) in [6.45, 7) is 1.88. The molecule has 1 aliphatic rings. The van der Waals surface area contributed by atoms with E-state index in [1.54, 1.807) is 7.11 Å². The number of rotatable bonds is 7. The van der Waals surface area contributed by atoms with Crippen LogP contribution < -0.4 is 4.74 Å². The maximum atomic E-state index is 11.6. The molecule has 0 radical (unpaired) electrons. The van der Waals surface area contributed by atoms with E-state index in [1.807, 2.05) is 43.3 Å². The molecule has 1 aromatic rings. The van der Waals surface area contributed by atoms with Crippen LogP contribution in [0.5, 0.6) is 5.75 Å². The fraction of sp³-hybridized carbons (Fsp3) is 0.471. The Kier molecular flexibility index (Phi) is 5.22. The largest absolute Gasteiger partial charge is 0.497 e. The number of benzene rings is 1. The zero-order valence-corrected chi connectivity index (χ0v) is 12.2. The average Bonchev–Trinajstić information content (AvgIpc) is 3.28. The summed E-state index contributed by atoms with van der Waals surface area (Å²) < 4.78 is 10.4. The third-order valence-corrected chi connectivity index (χ3v) is 3.45. The predicted molar refractivity (Wildman–Crippen MR) is 79.5 cm³/mol. The lowest BCUT2D eigenvalue weighted by molar-refractivity contribution is -0.146. The molecule has 0 amide bonds. The van der Waals surface area contributed by atoms with Crippen molar-refractivity contribution in [1.82, 2.24) is 0 Å². The zero-order valence-electron chi connectivity index (χ0n) is 12.2. The average molecular weight is 274 g/mol. The molecular formula is C17H22O3. The Balaban J connectivity index is 1.75. The molecule has 1 saturated carbocycles. The minimum absolute atomic E-state index is 0.0937. The first-order valence-corrected chi connectivity index (χ1v) is 7.19. The summed E-state index contributed by atoms with van der Waals surface area (Å²) in [5.74, 6) is 1.51. The topological polar surface area (TPSA) is 35.5 Å². The number of hydrogen-bond donors (Lipinski definition) is 0. The maximum Gasteiger partial charge on any atom is 0.306 e. The number of esters is 1. The molecule has 2 rings (SSSR count). The van der Waals surface area contributed by atoms with E-state index in [4.69, 9.17) is 9.47 Å². The lowest BCUT2D eigenvalue weighted by Crippen LogP contribution is -2.12. The van der Waals surface area contributed by atoms with Crippen LogP contribution in [0.3, 0.4) is 0 Å². The highest BCUT2D eigenvalue weighted by Crippen LogP contribution is 2.33. The van der Waals surface area contributed by atoms with Crippen molar-refractivity contribution in [2.75, 3.05) is 7.11 Å². The van der Waals surface area contributed by atoms with E-state index in [0.717, 1.165) is 23.7 Å². The van der Waals surface area contributed by atoms with E-state index >= 15 is 0 Å². The highest BCUT2D eigenvalue weighted by molar-refractivity contribution is 5.69. The highest BCUT2D eigenvalue weighted by Gasteiger charge is 2.22. The Labute approximate surface area is 120 Å². The van der Waals surface area contributed by atoms with Crippen LogP contribution in [0.15, 0.2) is 30.3 Å². The molecule has 0 N–H and O–H groups in total. The van der Waals surface area contributed by atoms with Gasteiger partial charge in [-0.05, 0) is 43.0 Å². The standard InChI is InChI=1S/C17H22O3/c1-13(20-17(18)12-9-15-5-6-15)3-4-14-7-10-16(19-2)11-8-14/h3-4,7-8,10-11,13,15H,5-6,9,12H2,1-2H3/b4-3+. The molecule has 20 heavy (non-hydrogen) atoms. The number of carbonyl (C=O) groups excluding carboxylic acids is 1. The monoisotopic (exact) mass is 274 g/mol. The SMILES string of the molecule is COc1ccc(/C=C/C(C)OC(=O)CCC2CC2)cc1. The third-order valence-electron chi connectivity index (χ3n) is 3.45. The third kappa shape index (κ3) is 5.08. The molecule has 0 aromatic heterocycles. The van der Waals surface area contributed by atoms with Crippen LogP contribution in [-0.4, -0.2) is 19.2 Å². The first-order chi connectivity index (χ1) is 9.67. The molecule has 0 saturated heterocycles. The number of carbonyl (C=O) groups is 1. The van der Waals surface area contributed by atoms with E-state index < -0.39 is 0 Å². The summed E-state index contributed by atoms with van der Waals surface area (Å²) >= 11 is 0.